The molecule has 1 aromatic carbocycles. The number of hydrogen-bond acceptors (Lipinski definition) is 3. The summed E-state index contributed by atoms with van der Waals surface area (Å²) < 4.78 is 7.33. The van der Waals surface area contributed by atoms with E-state index in [9.17, 15) is 0 Å². The van der Waals surface area contributed by atoms with Gasteiger partial charge < -0.3 is 14.6 Å². The Hall–Kier alpha value is -1.81. The van der Waals surface area contributed by atoms with Crippen LogP contribution in [-0.4, -0.2) is 22.2 Å². The van der Waals surface area contributed by atoms with Gasteiger partial charge in [-0.1, -0.05) is 6.07 Å². The monoisotopic (exact) mass is 259 g/mol. The Labute approximate surface area is 114 Å². The quantitative estimate of drug-likeness (QED) is 0.917. The van der Waals surface area contributed by atoms with Crippen molar-refractivity contribution in [2.45, 2.75) is 32.9 Å². The second kappa shape index (κ2) is 5.45. The first-order valence-electron chi connectivity index (χ1n) is 6.40. The number of rotatable bonds is 4. The van der Waals surface area contributed by atoms with E-state index in [1.165, 1.54) is 0 Å². The second-order valence-electron chi connectivity index (χ2n) is 5.56. The zero-order chi connectivity index (χ0) is 13.9. The van der Waals surface area contributed by atoms with Gasteiger partial charge in [-0.2, -0.15) is 0 Å². The molecule has 0 unspecified atom stereocenters. The summed E-state index contributed by atoms with van der Waals surface area (Å²) in [5.41, 5.74) is 2.27. The Kier molecular flexibility index (Phi) is 3.90. The van der Waals surface area contributed by atoms with Crippen molar-refractivity contribution in [3.63, 3.8) is 0 Å². The number of hydrogen-bond donors (Lipinski definition) is 1. The third kappa shape index (κ3) is 3.58. The molecule has 1 N–H and O–H groups in total. The van der Waals surface area contributed by atoms with Crippen LogP contribution in [0.5, 0.6) is 5.75 Å². The van der Waals surface area contributed by atoms with Crippen molar-refractivity contribution in [2.24, 2.45) is 0 Å². The van der Waals surface area contributed by atoms with E-state index in [2.05, 4.69) is 35.6 Å². The van der Waals surface area contributed by atoms with E-state index in [1.807, 2.05) is 36.8 Å². The molecule has 0 spiro atoms. The van der Waals surface area contributed by atoms with E-state index in [0.717, 1.165) is 23.7 Å². The number of methoxy groups -OCH3 is 1. The van der Waals surface area contributed by atoms with Gasteiger partial charge in [0.1, 0.15) is 5.75 Å². The maximum Gasteiger partial charge on any atom is 0.120 e. The standard InChI is InChI=1S/C15H21N3O/c1-15(2,3)17-10-13-9-16-11-18(13)12-6-5-7-14(8-12)19-4/h5-9,11,17H,10H2,1-4H3. The molecule has 0 aliphatic heterocycles. The van der Waals surface area contributed by atoms with Gasteiger partial charge in [0.15, 0.2) is 0 Å². The zero-order valence-electron chi connectivity index (χ0n) is 12.0. The van der Waals surface area contributed by atoms with Gasteiger partial charge in [0.2, 0.25) is 0 Å². The first-order valence-corrected chi connectivity index (χ1v) is 6.40. The van der Waals surface area contributed by atoms with Crippen molar-refractivity contribution in [1.82, 2.24) is 14.9 Å². The maximum atomic E-state index is 5.26. The van der Waals surface area contributed by atoms with Crippen LogP contribution in [0.15, 0.2) is 36.8 Å². The summed E-state index contributed by atoms with van der Waals surface area (Å²) in [6.45, 7) is 7.23. The van der Waals surface area contributed by atoms with E-state index in [4.69, 9.17) is 4.74 Å². The lowest BCUT2D eigenvalue weighted by Gasteiger charge is -2.21. The third-order valence-corrected chi connectivity index (χ3v) is 2.85. The molecule has 0 radical (unpaired) electrons. The van der Waals surface area contributed by atoms with Crippen LogP contribution in [0.2, 0.25) is 0 Å². The van der Waals surface area contributed by atoms with Crippen LogP contribution >= 0.6 is 0 Å². The summed E-state index contributed by atoms with van der Waals surface area (Å²) in [6, 6.07) is 7.97. The Morgan fingerprint density at radius 2 is 2.11 bits per heavy atom. The highest BCUT2D eigenvalue weighted by Gasteiger charge is 2.11. The van der Waals surface area contributed by atoms with Crippen LogP contribution in [0.1, 0.15) is 26.5 Å². The van der Waals surface area contributed by atoms with Crippen molar-refractivity contribution in [1.29, 1.82) is 0 Å². The first-order chi connectivity index (χ1) is 8.99. The van der Waals surface area contributed by atoms with Gasteiger partial charge in [0, 0.05) is 24.3 Å². The Morgan fingerprint density at radius 1 is 1.32 bits per heavy atom. The summed E-state index contributed by atoms with van der Waals surface area (Å²) >= 11 is 0. The summed E-state index contributed by atoms with van der Waals surface area (Å²) in [5.74, 6) is 0.848. The molecule has 0 atom stereocenters. The third-order valence-electron chi connectivity index (χ3n) is 2.85. The smallest absolute Gasteiger partial charge is 0.120 e. The second-order valence-corrected chi connectivity index (χ2v) is 5.56. The minimum Gasteiger partial charge on any atom is -0.497 e. The lowest BCUT2D eigenvalue weighted by molar-refractivity contribution is 0.413. The predicted molar refractivity (Wildman–Crippen MR) is 76.7 cm³/mol. The molecule has 2 rings (SSSR count). The van der Waals surface area contributed by atoms with Gasteiger partial charge >= 0.3 is 0 Å². The molecule has 0 aliphatic rings. The largest absolute Gasteiger partial charge is 0.497 e. The van der Waals surface area contributed by atoms with Crippen molar-refractivity contribution in [3.8, 4) is 11.4 Å². The zero-order valence-corrected chi connectivity index (χ0v) is 12.0. The molecule has 0 bridgehead atoms. The SMILES string of the molecule is COc1cccc(-n2cncc2CNC(C)(C)C)c1. The van der Waals surface area contributed by atoms with Crippen molar-refractivity contribution in [2.75, 3.05) is 7.11 Å². The number of ether oxygens (including phenoxy) is 1. The van der Waals surface area contributed by atoms with Gasteiger partial charge in [-0.15, -0.1) is 0 Å². The molecule has 0 saturated heterocycles. The Morgan fingerprint density at radius 3 is 2.79 bits per heavy atom. The highest BCUT2D eigenvalue weighted by Crippen LogP contribution is 2.18. The van der Waals surface area contributed by atoms with Crippen molar-refractivity contribution < 1.29 is 4.74 Å². The van der Waals surface area contributed by atoms with E-state index in [-0.39, 0.29) is 5.54 Å². The highest BCUT2D eigenvalue weighted by atomic mass is 16.5. The molecule has 0 amide bonds. The molecule has 0 fully saturated rings. The summed E-state index contributed by atoms with van der Waals surface area (Å²) in [6.07, 6.45) is 3.71. The highest BCUT2D eigenvalue weighted by molar-refractivity contribution is 5.40. The average molecular weight is 259 g/mol. The molecule has 2 aromatic rings. The minimum atomic E-state index is 0.0868. The van der Waals surface area contributed by atoms with Gasteiger partial charge in [-0.3, -0.25) is 0 Å². The summed E-state index contributed by atoms with van der Waals surface area (Å²) in [5, 5.41) is 3.47. The van der Waals surface area contributed by atoms with E-state index < -0.39 is 0 Å². The fourth-order valence-electron chi connectivity index (χ4n) is 1.80. The molecule has 1 aromatic heterocycles. The van der Waals surface area contributed by atoms with Crippen molar-refractivity contribution in [3.05, 3.63) is 42.5 Å². The van der Waals surface area contributed by atoms with Crippen LogP contribution in [0.3, 0.4) is 0 Å². The summed E-state index contributed by atoms with van der Waals surface area (Å²) in [4.78, 5) is 4.24. The molecular formula is C15H21N3O. The van der Waals surface area contributed by atoms with E-state index >= 15 is 0 Å². The lowest BCUT2D eigenvalue weighted by Crippen LogP contribution is -2.35. The molecule has 102 valence electrons. The normalized spacial score (nSPS) is 11.6. The van der Waals surface area contributed by atoms with Crippen molar-refractivity contribution >= 4 is 0 Å². The fourth-order valence-corrected chi connectivity index (χ4v) is 1.80. The van der Waals surface area contributed by atoms with Gasteiger partial charge in [-0.05, 0) is 32.9 Å². The van der Waals surface area contributed by atoms with Gasteiger partial charge in [0.05, 0.1) is 24.8 Å². The summed E-state index contributed by atoms with van der Waals surface area (Å²) in [7, 11) is 1.68. The lowest BCUT2D eigenvalue weighted by atomic mass is 10.1. The minimum absolute atomic E-state index is 0.0868. The predicted octanol–water partition coefficient (Wildman–Crippen LogP) is 2.77. The van der Waals surface area contributed by atoms with E-state index in [1.54, 1.807) is 7.11 Å². The fraction of sp³-hybridized carbons (Fsp3) is 0.400. The Bertz CT molecular complexity index is 540. The topological polar surface area (TPSA) is 39.1 Å². The molecule has 0 aliphatic carbocycles. The van der Waals surface area contributed by atoms with Crippen LogP contribution in [0.4, 0.5) is 0 Å². The number of benzene rings is 1. The molecular weight excluding hydrogens is 238 g/mol. The Balaban J connectivity index is 2.23. The number of nitrogens with one attached hydrogen (secondary N) is 1. The average Bonchev–Trinajstić information content (AvgIpc) is 2.84. The molecule has 4 nitrogen and oxygen atoms in total. The molecule has 19 heavy (non-hydrogen) atoms. The van der Waals surface area contributed by atoms with Gasteiger partial charge in [-0.25, -0.2) is 4.98 Å². The van der Waals surface area contributed by atoms with Crippen LogP contribution in [-0.2, 0) is 6.54 Å². The number of aromatic nitrogens is 2. The molecule has 4 heteroatoms. The van der Waals surface area contributed by atoms with Crippen LogP contribution in [0.25, 0.3) is 5.69 Å². The first kappa shape index (κ1) is 13.6. The molecule has 0 saturated carbocycles. The van der Waals surface area contributed by atoms with Crippen LogP contribution < -0.4 is 10.1 Å². The van der Waals surface area contributed by atoms with Gasteiger partial charge in [0.25, 0.3) is 0 Å². The van der Waals surface area contributed by atoms with E-state index in [0.29, 0.717) is 0 Å². The van der Waals surface area contributed by atoms with Crippen LogP contribution in [0, 0.1) is 0 Å². The number of nitrogens with zero attached hydrogens (tertiary/aromatic N) is 2. The molecule has 1 heterocycles. The maximum absolute atomic E-state index is 5.26. The number of imidazole rings is 1.